The van der Waals surface area contributed by atoms with E-state index in [1.165, 1.54) is 0 Å². The number of hydrogen-bond acceptors (Lipinski definition) is 3. The molecular weight excluding hydrogens is 242 g/mol. The Hall–Kier alpha value is -1.81. The summed E-state index contributed by atoms with van der Waals surface area (Å²) in [5.41, 5.74) is 1.94. The van der Waals surface area contributed by atoms with Gasteiger partial charge in [-0.3, -0.25) is 4.79 Å². The summed E-state index contributed by atoms with van der Waals surface area (Å²) in [6, 6.07) is 5.76. The molecule has 0 fully saturated rings. The molecule has 0 spiro atoms. The van der Waals surface area contributed by atoms with Gasteiger partial charge in [0.15, 0.2) is 0 Å². The third-order valence-electron chi connectivity index (χ3n) is 2.85. The minimum Gasteiger partial charge on any atom is -0.496 e. The molecule has 0 saturated heterocycles. The first-order valence-corrected chi connectivity index (χ1v) is 6.25. The van der Waals surface area contributed by atoms with Crippen molar-refractivity contribution in [1.29, 1.82) is 0 Å². The van der Waals surface area contributed by atoms with Gasteiger partial charge in [0.05, 0.1) is 20.1 Å². The van der Waals surface area contributed by atoms with Crippen LogP contribution in [0, 0.1) is 6.92 Å². The van der Waals surface area contributed by atoms with Crippen LogP contribution in [0.3, 0.4) is 0 Å². The molecule has 4 nitrogen and oxygen atoms in total. The second kappa shape index (κ2) is 7.59. The molecule has 104 valence electrons. The standard InChI is InChI=1S/C15H21NO3/c1-4-7-16(8-9-17)15(18)11-13-10-12(2)5-6-14(13)19-3/h4-6,10,17H,1,7-9,11H2,2-3H3. The van der Waals surface area contributed by atoms with Gasteiger partial charge in [0, 0.05) is 18.7 Å². The van der Waals surface area contributed by atoms with E-state index in [9.17, 15) is 4.79 Å². The Kier molecular flexibility index (Phi) is 6.09. The van der Waals surface area contributed by atoms with Crippen molar-refractivity contribution in [2.24, 2.45) is 0 Å². The van der Waals surface area contributed by atoms with Crippen molar-refractivity contribution < 1.29 is 14.6 Å². The number of aliphatic hydroxyl groups excluding tert-OH is 1. The Balaban J connectivity index is 2.84. The molecule has 4 heteroatoms. The van der Waals surface area contributed by atoms with Gasteiger partial charge in [-0.15, -0.1) is 6.58 Å². The summed E-state index contributed by atoms with van der Waals surface area (Å²) >= 11 is 0. The first-order valence-electron chi connectivity index (χ1n) is 6.25. The van der Waals surface area contributed by atoms with Gasteiger partial charge < -0.3 is 14.7 Å². The molecule has 1 aromatic rings. The normalized spacial score (nSPS) is 10.1. The second-order valence-corrected chi connectivity index (χ2v) is 4.34. The van der Waals surface area contributed by atoms with Gasteiger partial charge in [-0.1, -0.05) is 23.8 Å². The topological polar surface area (TPSA) is 49.8 Å². The zero-order valence-electron chi connectivity index (χ0n) is 11.6. The number of methoxy groups -OCH3 is 1. The maximum Gasteiger partial charge on any atom is 0.227 e. The molecule has 0 aliphatic heterocycles. The number of nitrogens with zero attached hydrogens (tertiary/aromatic N) is 1. The van der Waals surface area contributed by atoms with Crippen LogP contribution in [0.5, 0.6) is 5.75 Å². The van der Waals surface area contributed by atoms with Crippen LogP contribution >= 0.6 is 0 Å². The average molecular weight is 263 g/mol. The first kappa shape index (κ1) is 15.2. The lowest BCUT2D eigenvalue weighted by Gasteiger charge is -2.20. The predicted octanol–water partition coefficient (Wildman–Crippen LogP) is 1.55. The average Bonchev–Trinajstić information content (AvgIpc) is 2.38. The van der Waals surface area contributed by atoms with Crippen molar-refractivity contribution in [2.45, 2.75) is 13.3 Å². The molecular formula is C15H21NO3. The highest BCUT2D eigenvalue weighted by Crippen LogP contribution is 2.20. The van der Waals surface area contributed by atoms with Crippen LogP contribution in [0.15, 0.2) is 30.9 Å². The Labute approximate surface area is 114 Å². The van der Waals surface area contributed by atoms with Gasteiger partial charge in [-0.2, -0.15) is 0 Å². The number of carbonyl (C=O) groups excluding carboxylic acids is 1. The molecule has 1 aromatic carbocycles. The van der Waals surface area contributed by atoms with Gasteiger partial charge in [-0.05, 0) is 13.0 Å². The zero-order valence-corrected chi connectivity index (χ0v) is 11.6. The zero-order chi connectivity index (χ0) is 14.3. The Morgan fingerprint density at radius 2 is 2.26 bits per heavy atom. The number of amides is 1. The van der Waals surface area contributed by atoms with E-state index in [1.54, 1.807) is 18.1 Å². The van der Waals surface area contributed by atoms with E-state index in [2.05, 4.69) is 6.58 Å². The summed E-state index contributed by atoms with van der Waals surface area (Å²) < 4.78 is 5.26. The fourth-order valence-corrected chi connectivity index (χ4v) is 1.91. The van der Waals surface area contributed by atoms with Gasteiger partial charge in [0.1, 0.15) is 5.75 Å². The van der Waals surface area contributed by atoms with E-state index in [0.717, 1.165) is 11.1 Å². The first-order chi connectivity index (χ1) is 9.12. The molecule has 0 unspecified atom stereocenters. The molecule has 0 saturated carbocycles. The van der Waals surface area contributed by atoms with Gasteiger partial charge in [-0.25, -0.2) is 0 Å². The molecule has 0 atom stereocenters. The summed E-state index contributed by atoms with van der Waals surface area (Å²) in [6.07, 6.45) is 1.92. The third-order valence-corrected chi connectivity index (χ3v) is 2.85. The summed E-state index contributed by atoms with van der Waals surface area (Å²) in [5, 5.41) is 8.97. The summed E-state index contributed by atoms with van der Waals surface area (Å²) in [6.45, 7) is 6.30. The van der Waals surface area contributed by atoms with E-state index in [1.807, 2.05) is 25.1 Å². The van der Waals surface area contributed by atoms with Crippen molar-refractivity contribution in [3.05, 3.63) is 42.0 Å². The summed E-state index contributed by atoms with van der Waals surface area (Å²) in [4.78, 5) is 13.8. The monoisotopic (exact) mass is 263 g/mol. The van der Waals surface area contributed by atoms with Gasteiger partial charge in [0.25, 0.3) is 0 Å². The lowest BCUT2D eigenvalue weighted by atomic mass is 10.1. The number of hydrogen-bond donors (Lipinski definition) is 1. The van der Waals surface area contributed by atoms with Gasteiger partial charge >= 0.3 is 0 Å². The number of aliphatic hydroxyl groups is 1. The molecule has 0 aliphatic carbocycles. The SMILES string of the molecule is C=CCN(CCO)C(=O)Cc1cc(C)ccc1OC. The Bertz CT molecular complexity index is 443. The second-order valence-electron chi connectivity index (χ2n) is 4.34. The van der Waals surface area contributed by atoms with E-state index in [4.69, 9.17) is 9.84 Å². The lowest BCUT2D eigenvalue weighted by molar-refractivity contribution is -0.130. The van der Waals surface area contributed by atoms with Crippen molar-refractivity contribution in [2.75, 3.05) is 26.8 Å². The largest absolute Gasteiger partial charge is 0.496 e. The molecule has 1 amide bonds. The minimum absolute atomic E-state index is 0.0437. The van der Waals surface area contributed by atoms with Gasteiger partial charge in [0.2, 0.25) is 5.91 Å². The maximum absolute atomic E-state index is 12.2. The Morgan fingerprint density at radius 3 is 2.84 bits per heavy atom. The van der Waals surface area contributed by atoms with Crippen LogP contribution in [0.4, 0.5) is 0 Å². The van der Waals surface area contributed by atoms with Crippen molar-refractivity contribution in [3.8, 4) is 5.75 Å². The number of ether oxygens (including phenoxy) is 1. The van der Waals surface area contributed by atoms with Crippen LogP contribution in [0.1, 0.15) is 11.1 Å². The molecule has 1 N–H and O–H groups in total. The molecule has 0 heterocycles. The van der Waals surface area contributed by atoms with Crippen LogP contribution in [-0.2, 0) is 11.2 Å². The van der Waals surface area contributed by atoms with Crippen LogP contribution in [0.25, 0.3) is 0 Å². The fraction of sp³-hybridized carbons (Fsp3) is 0.400. The van der Waals surface area contributed by atoms with E-state index >= 15 is 0 Å². The molecule has 0 radical (unpaired) electrons. The summed E-state index contributed by atoms with van der Waals surface area (Å²) in [7, 11) is 1.59. The number of benzene rings is 1. The molecule has 0 bridgehead atoms. The fourth-order valence-electron chi connectivity index (χ4n) is 1.91. The minimum atomic E-state index is -0.0511. The van der Waals surface area contributed by atoms with Crippen molar-refractivity contribution in [3.63, 3.8) is 0 Å². The molecule has 0 aliphatic rings. The quantitative estimate of drug-likeness (QED) is 0.759. The summed E-state index contributed by atoms with van der Waals surface area (Å²) in [5.74, 6) is 0.666. The number of aryl methyl sites for hydroxylation is 1. The van der Waals surface area contributed by atoms with Crippen LogP contribution in [0.2, 0.25) is 0 Å². The highest BCUT2D eigenvalue weighted by atomic mass is 16.5. The van der Waals surface area contributed by atoms with Crippen LogP contribution < -0.4 is 4.74 Å². The molecule has 0 aromatic heterocycles. The number of carbonyl (C=O) groups is 1. The van der Waals surface area contributed by atoms with E-state index < -0.39 is 0 Å². The highest BCUT2D eigenvalue weighted by Gasteiger charge is 2.14. The van der Waals surface area contributed by atoms with Crippen LogP contribution in [-0.4, -0.2) is 42.7 Å². The molecule has 19 heavy (non-hydrogen) atoms. The van der Waals surface area contributed by atoms with Crippen molar-refractivity contribution in [1.82, 2.24) is 4.90 Å². The smallest absolute Gasteiger partial charge is 0.227 e. The van der Waals surface area contributed by atoms with E-state index in [0.29, 0.717) is 18.8 Å². The van der Waals surface area contributed by atoms with E-state index in [-0.39, 0.29) is 18.9 Å². The lowest BCUT2D eigenvalue weighted by Crippen LogP contribution is -2.34. The predicted molar refractivity (Wildman–Crippen MR) is 75.3 cm³/mol. The maximum atomic E-state index is 12.2. The highest BCUT2D eigenvalue weighted by molar-refractivity contribution is 5.79. The van der Waals surface area contributed by atoms with Crippen molar-refractivity contribution >= 4 is 5.91 Å². The number of rotatable bonds is 7. The third kappa shape index (κ3) is 4.41. The molecule has 1 rings (SSSR count). The Morgan fingerprint density at radius 1 is 1.53 bits per heavy atom.